The number of nitrogens with one attached hydrogen (secondary N) is 1. The van der Waals surface area contributed by atoms with Gasteiger partial charge in [-0.3, -0.25) is 0 Å². The van der Waals surface area contributed by atoms with Gasteiger partial charge >= 0.3 is 0 Å². The lowest BCUT2D eigenvalue weighted by atomic mass is 10.1. The van der Waals surface area contributed by atoms with E-state index in [-0.39, 0.29) is 0 Å². The Kier molecular flexibility index (Phi) is 5.01. The van der Waals surface area contributed by atoms with Crippen LogP contribution in [0, 0.1) is 0 Å². The van der Waals surface area contributed by atoms with E-state index in [0.717, 1.165) is 18.8 Å². The molecular weight excluding hydrogens is 234 g/mol. The summed E-state index contributed by atoms with van der Waals surface area (Å²) in [5, 5.41) is 3.44. The van der Waals surface area contributed by atoms with Crippen LogP contribution in [-0.4, -0.2) is 16.1 Å². The lowest BCUT2D eigenvalue weighted by molar-refractivity contribution is 0.789. The van der Waals surface area contributed by atoms with E-state index in [1.807, 2.05) is 19.4 Å². The van der Waals surface area contributed by atoms with E-state index >= 15 is 0 Å². The van der Waals surface area contributed by atoms with Crippen molar-refractivity contribution in [3.8, 4) is 0 Å². The molecule has 1 N–H and O–H groups in total. The van der Waals surface area contributed by atoms with Crippen molar-refractivity contribution in [2.75, 3.05) is 11.9 Å². The fourth-order valence-electron chi connectivity index (χ4n) is 2.13. The van der Waals surface area contributed by atoms with Gasteiger partial charge in [-0.1, -0.05) is 25.5 Å². The summed E-state index contributed by atoms with van der Waals surface area (Å²) >= 11 is 0. The maximum atomic E-state index is 4.32. The summed E-state index contributed by atoms with van der Waals surface area (Å²) in [6, 6.07) is 8.78. The fourth-order valence-corrected chi connectivity index (χ4v) is 2.13. The zero-order valence-corrected chi connectivity index (χ0v) is 11.9. The molecule has 2 aromatic rings. The predicted octanol–water partition coefficient (Wildman–Crippen LogP) is 3.42. The number of aryl methyl sites for hydroxylation is 2. The van der Waals surface area contributed by atoms with Crippen molar-refractivity contribution in [1.82, 2.24) is 9.55 Å². The number of hydrogen-bond donors (Lipinski definition) is 1. The Bertz CT molecular complexity index is 485. The number of anilines is 1. The van der Waals surface area contributed by atoms with Crippen molar-refractivity contribution in [1.29, 1.82) is 0 Å². The number of nitrogens with zero attached hydrogens (tertiary/aromatic N) is 2. The van der Waals surface area contributed by atoms with Crippen LogP contribution in [0.2, 0.25) is 0 Å². The number of unbranched alkanes of at least 4 members (excludes halogenated alkanes) is 1. The highest BCUT2D eigenvalue weighted by atomic mass is 15.0. The van der Waals surface area contributed by atoms with Gasteiger partial charge in [-0.05, 0) is 30.5 Å². The summed E-state index contributed by atoms with van der Waals surface area (Å²) < 4.78 is 2.07. The molecule has 1 heterocycles. The molecule has 3 nitrogen and oxygen atoms in total. The molecule has 0 amide bonds. The fraction of sp³-hybridized carbons (Fsp3) is 0.438. The highest BCUT2D eigenvalue weighted by Gasteiger charge is 1.99. The van der Waals surface area contributed by atoms with Crippen molar-refractivity contribution in [2.24, 2.45) is 7.05 Å². The molecule has 0 saturated carbocycles. The molecular formula is C16H23N3. The van der Waals surface area contributed by atoms with Crippen molar-refractivity contribution in [3.05, 3.63) is 48.0 Å². The van der Waals surface area contributed by atoms with E-state index in [0.29, 0.717) is 0 Å². The van der Waals surface area contributed by atoms with Crippen LogP contribution >= 0.6 is 0 Å². The van der Waals surface area contributed by atoms with E-state index in [1.165, 1.54) is 30.5 Å². The van der Waals surface area contributed by atoms with Crippen LogP contribution in [0.15, 0.2) is 36.7 Å². The van der Waals surface area contributed by atoms with Gasteiger partial charge in [0.25, 0.3) is 0 Å². The van der Waals surface area contributed by atoms with Crippen LogP contribution in [-0.2, 0) is 19.9 Å². The smallest absolute Gasteiger partial charge is 0.110 e. The minimum Gasteiger partial charge on any atom is -0.385 e. The molecule has 1 aromatic carbocycles. The normalized spacial score (nSPS) is 10.6. The molecule has 0 saturated heterocycles. The van der Waals surface area contributed by atoms with Gasteiger partial charge in [-0.25, -0.2) is 4.98 Å². The highest BCUT2D eigenvalue weighted by molar-refractivity contribution is 5.44. The van der Waals surface area contributed by atoms with Crippen molar-refractivity contribution < 1.29 is 0 Å². The maximum absolute atomic E-state index is 4.32. The molecule has 1 aromatic heterocycles. The highest BCUT2D eigenvalue weighted by Crippen LogP contribution is 2.11. The third-order valence-electron chi connectivity index (χ3n) is 3.37. The first-order chi connectivity index (χ1) is 9.29. The second-order valence-corrected chi connectivity index (χ2v) is 4.93. The summed E-state index contributed by atoms with van der Waals surface area (Å²) in [5.74, 6) is 1.12. The number of hydrogen-bond acceptors (Lipinski definition) is 2. The van der Waals surface area contributed by atoms with E-state index in [9.17, 15) is 0 Å². The standard InChI is InChI=1S/C16H23N3/c1-3-4-5-14-6-8-15(9-7-14)17-11-10-16-18-12-13-19(16)2/h6-9,12-13,17H,3-5,10-11H2,1-2H3. The van der Waals surface area contributed by atoms with Gasteiger partial charge in [0, 0.05) is 38.1 Å². The average Bonchev–Trinajstić information content (AvgIpc) is 2.84. The van der Waals surface area contributed by atoms with Gasteiger partial charge in [0.2, 0.25) is 0 Å². The number of benzene rings is 1. The molecule has 0 radical (unpaired) electrons. The Hall–Kier alpha value is -1.77. The summed E-state index contributed by atoms with van der Waals surface area (Å²) in [5.41, 5.74) is 2.62. The SMILES string of the molecule is CCCCc1ccc(NCCc2nccn2C)cc1. The van der Waals surface area contributed by atoms with Gasteiger partial charge < -0.3 is 9.88 Å². The molecule has 19 heavy (non-hydrogen) atoms. The Morgan fingerprint density at radius 2 is 1.95 bits per heavy atom. The van der Waals surface area contributed by atoms with Gasteiger partial charge in [0.05, 0.1) is 0 Å². The van der Waals surface area contributed by atoms with Crippen LogP contribution in [0.3, 0.4) is 0 Å². The Labute approximate surface area is 115 Å². The molecule has 0 spiro atoms. The average molecular weight is 257 g/mol. The first-order valence-corrected chi connectivity index (χ1v) is 7.08. The minimum absolute atomic E-state index is 0.916. The van der Waals surface area contributed by atoms with E-state index in [1.54, 1.807) is 0 Å². The largest absolute Gasteiger partial charge is 0.385 e. The molecule has 0 aliphatic heterocycles. The number of aromatic nitrogens is 2. The van der Waals surface area contributed by atoms with E-state index < -0.39 is 0 Å². The van der Waals surface area contributed by atoms with Crippen LogP contribution in [0.5, 0.6) is 0 Å². The summed E-state index contributed by atoms with van der Waals surface area (Å²) in [4.78, 5) is 4.32. The maximum Gasteiger partial charge on any atom is 0.110 e. The summed E-state index contributed by atoms with van der Waals surface area (Å²) in [7, 11) is 2.03. The van der Waals surface area contributed by atoms with Gasteiger partial charge in [0.15, 0.2) is 0 Å². The van der Waals surface area contributed by atoms with Crippen LogP contribution in [0.1, 0.15) is 31.2 Å². The van der Waals surface area contributed by atoms with Crippen molar-refractivity contribution in [3.63, 3.8) is 0 Å². The Balaban J connectivity index is 1.78. The zero-order chi connectivity index (χ0) is 13.5. The first kappa shape index (κ1) is 13.7. The molecule has 0 atom stereocenters. The number of imidazole rings is 1. The minimum atomic E-state index is 0.916. The van der Waals surface area contributed by atoms with Gasteiger partial charge in [-0.15, -0.1) is 0 Å². The Morgan fingerprint density at radius 1 is 1.16 bits per heavy atom. The van der Waals surface area contributed by atoms with Gasteiger partial charge in [0.1, 0.15) is 5.82 Å². The predicted molar refractivity (Wildman–Crippen MR) is 80.5 cm³/mol. The lowest BCUT2D eigenvalue weighted by Gasteiger charge is -2.07. The zero-order valence-electron chi connectivity index (χ0n) is 11.9. The molecule has 2 rings (SSSR count). The molecule has 0 unspecified atom stereocenters. The van der Waals surface area contributed by atoms with Crippen LogP contribution in [0.4, 0.5) is 5.69 Å². The third-order valence-corrected chi connectivity index (χ3v) is 3.37. The van der Waals surface area contributed by atoms with E-state index in [2.05, 4.69) is 46.1 Å². The monoisotopic (exact) mass is 257 g/mol. The topological polar surface area (TPSA) is 29.9 Å². The van der Waals surface area contributed by atoms with Crippen LogP contribution in [0.25, 0.3) is 0 Å². The molecule has 0 aliphatic carbocycles. The number of rotatable bonds is 7. The van der Waals surface area contributed by atoms with Gasteiger partial charge in [-0.2, -0.15) is 0 Å². The molecule has 0 fully saturated rings. The molecule has 0 bridgehead atoms. The first-order valence-electron chi connectivity index (χ1n) is 7.08. The lowest BCUT2D eigenvalue weighted by Crippen LogP contribution is -2.08. The Morgan fingerprint density at radius 3 is 2.58 bits per heavy atom. The second-order valence-electron chi connectivity index (χ2n) is 4.93. The van der Waals surface area contributed by atoms with Crippen molar-refractivity contribution >= 4 is 5.69 Å². The summed E-state index contributed by atoms with van der Waals surface area (Å²) in [6.45, 7) is 3.15. The van der Waals surface area contributed by atoms with Crippen molar-refractivity contribution in [2.45, 2.75) is 32.6 Å². The molecule has 3 heteroatoms. The third kappa shape index (κ3) is 4.12. The molecule has 102 valence electrons. The van der Waals surface area contributed by atoms with Crippen LogP contribution < -0.4 is 5.32 Å². The summed E-state index contributed by atoms with van der Waals surface area (Å²) in [6.07, 6.45) is 8.48. The quantitative estimate of drug-likeness (QED) is 0.823. The second kappa shape index (κ2) is 6.98. The van der Waals surface area contributed by atoms with E-state index in [4.69, 9.17) is 0 Å². The molecule has 0 aliphatic rings.